The Hall–Kier alpha value is -1.42. The van der Waals surface area contributed by atoms with Gasteiger partial charge in [0.2, 0.25) is 5.91 Å². The minimum Gasteiger partial charge on any atom is -0.395 e. The number of nitrogens with zero attached hydrogens (tertiary/aromatic N) is 1. The molecule has 0 atom stereocenters. The number of aliphatic hydroxyl groups is 1. The minimum atomic E-state index is -0.401. The third-order valence-electron chi connectivity index (χ3n) is 2.31. The summed E-state index contributed by atoms with van der Waals surface area (Å²) in [4.78, 5) is 12.7. The van der Waals surface area contributed by atoms with Crippen molar-refractivity contribution in [3.8, 4) is 0 Å². The first-order valence-corrected chi connectivity index (χ1v) is 4.42. The first-order chi connectivity index (χ1) is 6.74. The van der Waals surface area contributed by atoms with Crippen molar-refractivity contribution < 1.29 is 14.3 Å². The topological polar surface area (TPSA) is 40.5 Å². The standard InChI is InChI=1S/C10H10FNO2/c11-8-3-1-2-7-6-9(14)12(4-5-13)10(7)8/h1-3,13H,4-6H2. The van der Waals surface area contributed by atoms with E-state index in [1.807, 2.05) is 0 Å². The van der Waals surface area contributed by atoms with Crippen LogP contribution in [0.4, 0.5) is 10.1 Å². The van der Waals surface area contributed by atoms with Crippen molar-refractivity contribution in [2.45, 2.75) is 6.42 Å². The molecule has 0 saturated carbocycles. The molecule has 0 spiro atoms. The van der Waals surface area contributed by atoms with Crippen molar-refractivity contribution in [3.63, 3.8) is 0 Å². The first-order valence-electron chi connectivity index (χ1n) is 4.42. The summed E-state index contributed by atoms with van der Waals surface area (Å²) in [5, 5.41) is 8.74. The predicted octanol–water partition coefficient (Wildman–Crippen LogP) is 0.707. The molecule has 0 unspecified atom stereocenters. The Balaban J connectivity index is 2.44. The summed E-state index contributed by atoms with van der Waals surface area (Å²) in [6.07, 6.45) is 0.229. The van der Waals surface area contributed by atoms with Crippen LogP contribution in [-0.4, -0.2) is 24.2 Å². The maximum absolute atomic E-state index is 13.4. The van der Waals surface area contributed by atoms with Gasteiger partial charge in [-0.1, -0.05) is 12.1 Å². The molecular weight excluding hydrogens is 185 g/mol. The van der Waals surface area contributed by atoms with E-state index in [0.717, 1.165) is 0 Å². The lowest BCUT2D eigenvalue weighted by atomic mass is 10.1. The lowest BCUT2D eigenvalue weighted by Gasteiger charge is -2.16. The Morgan fingerprint density at radius 3 is 3.00 bits per heavy atom. The van der Waals surface area contributed by atoms with Gasteiger partial charge < -0.3 is 10.0 Å². The van der Waals surface area contributed by atoms with Crippen molar-refractivity contribution in [1.82, 2.24) is 0 Å². The molecule has 0 aromatic heterocycles. The number of amides is 1. The number of carbonyl (C=O) groups excluding carboxylic acids is 1. The monoisotopic (exact) mass is 195 g/mol. The lowest BCUT2D eigenvalue weighted by Crippen LogP contribution is -2.30. The molecule has 2 rings (SSSR count). The summed E-state index contributed by atoms with van der Waals surface area (Å²) >= 11 is 0. The van der Waals surface area contributed by atoms with E-state index < -0.39 is 5.82 Å². The zero-order valence-corrected chi connectivity index (χ0v) is 7.53. The number of β-amino-alcohol motifs (C(OH)–C–C–N with tert-alkyl or cyclic N) is 1. The van der Waals surface area contributed by atoms with Crippen molar-refractivity contribution >= 4 is 11.6 Å². The van der Waals surface area contributed by atoms with Crippen LogP contribution < -0.4 is 4.90 Å². The molecule has 1 aromatic rings. The number of hydrogen-bond donors (Lipinski definition) is 1. The van der Waals surface area contributed by atoms with E-state index in [2.05, 4.69) is 0 Å². The van der Waals surface area contributed by atoms with Crippen molar-refractivity contribution in [3.05, 3.63) is 29.6 Å². The Labute approximate surface area is 80.8 Å². The number of aliphatic hydroxyl groups excluding tert-OH is 1. The van der Waals surface area contributed by atoms with Crippen LogP contribution in [0, 0.1) is 5.82 Å². The molecular formula is C10H10FNO2. The van der Waals surface area contributed by atoms with Gasteiger partial charge in [-0.3, -0.25) is 4.79 Å². The fourth-order valence-electron chi connectivity index (χ4n) is 1.72. The predicted molar refractivity (Wildman–Crippen MR) is 49.5 cm³/mol. The Morgan fingerprint density at radius 1 is 1.50 bits per heavy atom. The van der Waals surface area contributed by atoms with E-state index in [9.17, 15) is 9.18 Å². The van der Waals surface area contributed by atoms with Crippen molar-refractivity contribution in [2.24, 2.45) is 0 Å². The van der Waals surface area contributed by atoms with Gasteiger partial charge in [0.25, 0.3) is 0 Å². The third kappa shape index (κ3) is 1.28. The SMILES string of the molecule is O=C1Cc2cccc(F)c2N1CCO. The van der Waals surface area contributed by atoms with Gasteiger partial charge in [0.1, 0.15) is 5.82 Å². The number of para-hydroxylation sites is 1. The highest BCUT2D eigenvalue weighted by atomic mass is 19.1. The molecule has 74 valence electrons. The minimum absolute atomic E-state index is 0.153. The molecule has 4 heteroatoms. The number of fused-ring (bicyclic) bond motifs is 1. The second-order valence-electron chi connectivity index (χ2n) is 3.19. The van der Waals surface area contributed by atoms with Gasteiger partial charge in [0.05, 0.1) is 18.7 Å². The Kier molecular flexibility index (Phi) is 2.21. The molecule has 1 aliphatic rings. The Morgan fingerprint density at radius 2 is 2.29 bits per heavy atom. The molecule has 1 heterocycles. The van der Waals surface area contributed by atoms with Gasteiger partial charge in [-0.2, -0.15) is 0 Å². The number of anilines is 1. The molecule has 0 bridgehead atoms. The van der Waals surface area contributed by atoms with Gasteiger partial charge >= 0.3 is 0 Å². The normalized spacial score (nSPS) is 14.7. The molecule has 1 amide bonds. The van der Waals surface area contributed by atoms with E-state index in [-0.39, 0.29) is 25.5 Å². The largest absolute Gasteiger partial charge is 0.395 e. The average molecular weight is 195 g/mol. The van der Waals surface area contributed by atoms with Crippen LogP contribution in [-0.2, 0) is 11.2 Å². The van der Waals surface area contributed by atoms with Crippen LogP contribution in [0.3, 0.4) is 0 Å². The van der Waals surface area contributed by atoms with Crippen LogP contribution in [0.5, 0.6) is 0 Å². The highest BCUT2D eigenvalue weighted by molar-refractivity contribution is 6.01. The first kappa shape index (κ1) is 9.15. The zero-order chi connectivity index (χ0) is 10.1. The van der Waals surface area contributed by atoms with Crippen LogP contribution >= 0.6 is 0 Å². The number of rotatable bonds is 2. The summed E-state index contributed by atoms with van der Waals surface area (Å²) in [7, 11) is 0. The third-order valence-corrected chi connectivity index (χ3v) is 2.31. The smallest absolute Gasteiger partial charge is 0.231 e. The number of halogens is 1. The molecule has 1 aromatic carbocycles. The van der Waals surface area contributed by atoms with Crippen molar-refractivity contribution in [1.29, 1.82) is 0 Å². The van der Waals surface area contributed by atoms with Crippen molar-refractivity contribution in [2.75, 3.05) is 18.1 Å². The highest BCUT2D eigenvalue weighted by Crippen LogP contribution is 2.30. The van der Waals surface area contributed by atoms with Crippen LogP contribution in [0.15, 0.2) is 18.2 Å². The summed E-state index contributed by atoms with van der Waals surface area (Å²) in [5.41, 5.74) is 1.02. The molecule has 0 radical (unpaired) electrons. The summed E-state index contributed by atoms with van der Waals surface area (Å²) in [6.45, 7) is 0.00623. The zero-order valence-electron chi connectivity index (χ0n) is 7.53. The Bertz CT molecular complexity index is 378. The van der Waals surface area contributed by atoms with E-state index >= 15 is 0 Å². The second-order valence-corrected chi connectivity index (χ2v) is 3.19. The average Bonchev–Trinajstić information content (AvgIpc) is 2.45. The highest BCUT2D eigenvalue weighted by Gasteiger charge is 2.29. The molecule has 1 N–H and O–H groups in total. The van der Waals surface area contributed by atoms with E-state index in [4.69, 9.17) is 5.11 Å². The maximum Gasteiger partial charge on any atom is 0.231 e. The van der Waals surface area contributed by atoms with E-state index in [1.165, 1.54) is 11.0 Å². The molecule has 1 aliphatic heterocycles. The summed E-state index contributed by atoms with van der Waals surface area (Å²) in [5.74, 6) is -0.555. The molecule has 0 fully saturated rings. The molecule has 14 heavy (non-hydrogen) atoms. The number of carbonyl (C=O) groups is 1. The van der Waals surface area contributed by atoms with Gasteiger partial charge in [-0.15, -0.1) is 0 Å². The lowest BCUT2D eigenvalue weighted by molar-refractivity contribution is -0.117. The molecule has 0 aliphatic carbocycles. The maximum atomic E-state index is 13.4. The fourth-order valence-corrected chi connectivity index (χ4v) is 1.72. The van der Waals surface area contributed by atoms with Gasteiger partial charge in [-0.05, 0) is 11.6 Å². The number of benzene rings is 1. The number of hydrogen-bond acceptors (Lipinski definition) is 2. The van der Waals surface area contributed by atoms with Crippen LogP contribution in [0.1, 0.15) is 5.56 Å². The molecule has 0 saturated heterocycles. The summed E-state index contributed by atoms with van der Waals surface area (Å²) < 4.78 is 13.4. The van der Waals surface area contributed by atoms with Gasteiger partial charge in [-0.25, -0.2) is 4.39 Å². The van der Waals surface area contributed by atoms with Gasteiger partial charge in [0, 0.05) is 6.54 Å². The van der Waals surface area contributed by atoms with E-state index in [0.29, 0.717) is 11.3 Å². The van der Waals surface area contributed by atoms with E-state index in [1.54, 1.807) is 12.1 Å². The molecule has 3 nitrogen and oxygen atoms in total. The summed E-state index contributed by atoms with van der Waals surface area (Å²) in [6, 6.07) is 4.64. The van der Waals surface area contributed by atoms with Crippen LogP contribution in [0.25, 0.3) is 0 Å². The second kappa shape index (κ2) is 3.38. The fraction of sp³-hybridized carbons (Fsp3) is 0.300. The van der Waals surface area contributed by atoms with Gasteiger partial charge in [0.15, 0.2) is 0 Å². The quantitative estimate of drug-likeness (QED) is 0.754. The van der Waals surface area contributed by atoms with Crippen LogP contribution in [0.2, 0.25) is 0 Å².